The number of hydrogen-bond acceptors (Lipinski definition) is 4. The average molecular weight is 248 g/mol. The summed E-state index contributed by atoms with van der Waals surface area (Å²) < 4.78 is 5.14. The quantitative estimate of drug-likeness (QED) is 0.488. The van der Waals surface area contributed by atoms with E-state index in [-0.39, 0.29) is 0 Å². The van der Waals surface area contributed by atoms with Crippen LogP contribution in [0.4, 0.5) is 5.69 Å². The first-order valence-corrected chi connectivity index (χ1v) is 5.86. The van der Waals surface area contributed by atoms with E-state index in [4.69, 9.17) is 10.5 Å². The van der Waals surface area contributed by atoms with Crippen LogP contribution in [-0.2, 0) is 9.53 Å². The number of ether oxygens (including phenoxy) is 1. The molecule has 98 valence electrons. The molecule has 1 atom stereocenters. The van der Waals surface area contributed by atoms with Crippen LogP contribution in [-0.4, -0.2) is 12.2 Å². The van der Waals surface area contributed by atoms with E-state index in [2.05, 4.69) is 11.4 Å². The van der Waals surface area contributed by atoms with Crippen molar-refractivity contribution in [1.29, 1.82) is 0 Å². The van der Waals surface area contributed by atoms with E-state index in [0.717, 1.165) is 11.3 Å². The number of anilines is 1. The van der Waals surface area contributed by atoms with Gasteiger partial charge >= 0.3 is 5.97 Å². The van der Waals surface area contributed by atoms with Gasteiger partial charge in [-0.2, -0.15) is 0 Å². The molecule has 0 aliphatic carbocycles. The standard InChI is InChI=1S/C14H20N2O2/c1-9-5-6-13(10(2)7-9)16-12(4)18-14(17)8-11(3)15/h5-8,12,16H,15H2,1-4H3/b11-8+. The molecule has 0 aromatic heterocycles. The highest BCUT2D eigenvalue weighted by Crippen LogP contribution is 2.17. The minimum atomic E-state index is -0.445. The highest BCUT2D eigenvalue weighted by molar-refractivity contribution is 5.82. The minimum absolute atomic E-state index is 0.408. The largest absolute Gasteiger partial charge is 0.439 e. The predicted molar refractivity (Wildman–Crippen MR) is 73.0 cm³/mol. The van der Waals surface area contributed by atoms with E-state index in [1.807, 2.05) is 26.0 Å². The molecule has 0 heterocycles. The molecule has 0 aliphatic heterocycles. The predicted octanol–water partition coefficient (Wildman–Crippen LogP) is 2.47. The van der Waals surface area contributed by atoms with E-state index in [1.54, 1.807) is 13.8 Å². The van der Waals surface area contributed by atoms with Crippen molar-refractivity contribution in [3.63, 3.8) is 0 Å². The Morgan fingerprint density at radius 3 is 2.67 bits per heavy atom. The van der Waals surface area contributed by atoms with Crippen LogP contribution in [0, 0.1) is 13.8 Å². The minimum Gasteiger partial charge on any atom is -0.439 e. The first kappa shape index (κ1) is 14.1. The van der Waals surface area contributed by atoms with Gasteiger partial charge in [0.15, 0.2) is 6.23 Å². The molecule has 4 heteroatoms. The Morgan fingerprint density at radius 1 is 1.44 bits per heavy atom. The van der Waals surface area contributed by atoms with Gasteiger partial charge in [-0.1, -0.05) is 17.7 Å². The van der Waals surface area contributed by atoms with Crippen LogP contribution in [0.15, 0.2) is 30.0 Å². The fourth-order valence-electron chi connectivity index (χ4n) is 1.62. The molecule has 0 bridgehead atoms. The first-order chi connectivity index (χ1) is 8.38. The maximum absolute atomic E-state index is 11.4. The first-order valence-electron chi connectivity index (χ1n) is 5.86. The molecule has 0 saturated heterocycles. The monoisotopic (exact) mass is 248 g/mol. The van der Waals surface area contributed by atoms with Gasteiger partial charge < -0.3 is 15.8 Å². The Labute approximate surface area is 108 Å². The molecule has 3 N–H and O–H groups in total. The number of aryl methyl sites for hydroxylation is 2. The molecule has 0 saturated carbocycles. The van der Waals surface area contributed by atoms with Gasteiger partial charge in [0.2, 0.25) is 0 Å². The Morgan fingerprint density at radius 2 is 2.11 bits per heavy atom. The highest BCUT2D eigenvalue weighted by atomic mass is 16.6. The van der Waals surface area contributed by atoms with Crippen LogP contribution >= 0.6 is 0 Å². The van der Waals surface area contributed by atoms with Crippen molar-refractivity contribution in [2.24, 2.45) is 5.73 Å². The molecular weight excluding hydrogens is 228 g/mol. The number of allylic oxidation sites excluding steroid dienone is 1. The topological polar surface area (TPSA) is 64.4 Å². The third-order valence-electron chi connectivity index (χ3n) is 2.38. The molecule has 18 heavy (non-hydrogen) atoms. The van der Waals surface area contributed by atoms with Crippen molar-refractivity contribution in [2.45, 2.75) is 33.9 Å². The second-order valence-electron chi connectivity index (χ2n) is 4.43. The number of nitrogens with two attached hydrogens (primary N) is 1. The third kappa shape index (κ3) is 4.49. The van der Waals surface area contributed by atoms with Crippen LogP contribution < -0.4 is 11.1 Å². The molecule has 0 radical (unpaired) electrons. The number of rotatable bonds is 4. The van der Waals surface area contributed by atoms with Gasteiger partial charge in [0.1, 0.15) is 0 Å². The number of carbonyl (C=O) groups is 1. The van der Waals surface area contributed by atoms with Crippen LogP contribution in [0.25, 0.3) is 0 Å². The molecule has 1 rings (SSSR count). The van der Waals surface area contributed by atoms with Gasteiger partial charge in [0, 0.05) is 17.5 Å². The van der Waals surface area contributed by atoms with Gasteiger partial charge in [-0.3, -0.25) is 0 Å². The number of carbonyl (C=O) groups excluding carboxylic acids is 1. The second-order valence-corrected chi connectivity index (χ2v) is 4.43. The van der Waals surface area contributed by atoms with Gasteiger partial charge in [0.25, 0.3) is 0 Å². The van der Waals surface area contributed by atoms with Gasteiger partial charge in [0.05, 0.1) is 0 Å². The second kappa shape index (κ2) is 6.10. The summed E-state index contributed by atoms with van der Waals surface area (Å²) in [5, 5.41) is 3.13. The molecular formula is C14H20N2O2. The lowest BCUT2D eigenvalue weighted by atomic mass is 10.1. The van der Waals surface area contributed by atoms with E-state index >= 15 is 0 Å². The Balaban J connectivity index is 2.62. The summed E-state index contributed by atoms with van der Waals surface area (Å²) in [4.78, 5) is 11.4. The lowest BCUT2D eigenvalue weighted by Crippen LogP contribution is -2.23. The molecule has 0 amide bonds. The van der Waals surface area contributed by atoms with Crippen molar-refractivity contribution in [2.75, 3.05) is 5.32 Å². The fourth-order valence-corrected chi connectivity index (χ4v) is 1.62. The smallest absolute Gasteiger partial charge is 0.334 e. The third-order valence-corrected chi connectivity index (χ3v) is 2.38. The summed E-state index contributed by atoms with van der Waals surface area (Å²) in [6, 6.07) is 6.05. The van der Waals surface area contributed by atoms with Crippen molar-refractivity contribution in [3.05, 3.63) is 41.1 Å². The SMILES string of the molecule is C/C(N)=C\C(=O)OC(C)Nc1ccc(C)cc1C. The van der Waals surface area contributed by atoms with Gasteiger partial charge in [-0.25, -0.2) is 4.79 Å². The highest BCUT2D eigenvalue weighted by Gasteiger charge is 2.08. The zero-order valence-corrected chi connectivity index (χ0v) is 11.3. The maximum Gasteiger partial charge on any atom is 0.334 e. The van der Waals surface area contributed by atoms with Crippen LogP contribution in [0.3, 0.4) is 0 Å². The summed E-state index contributed by atoms with van der Waals surface area (Å²) in [5.41, 5.74) is 9.10. The summed E-state index contributed by atoms with van der Waals surface area (Å²) in [6.07, 6.45) is 0.856. The van der Waals surface area contributed by atoms with Crippen LogP contribution in [0.2, 0.25) is 0 Å². The lowest BCUT2D eigenvalue weighted by Gasteiger charge is -2.17. The van der Waals surface area contributed by atoms with Crippen LogP contribution in [0.5, 0.6) is 0 Å². The summed E-state index contributed by atoms with van der Waals surface area (Å²) in [5.74, 6) is -0.445. The number of hydrogen-bond donors (Lipinski definition) is 2. The van der Waals surface area contributed by atoms with E-state index in [1.165, 1.54) is 11.6 Å². The van der Waals surface area contributed by atoms with Crippen molar-refractivity contribution >= 4 is 11.7 Å². The average Bonchev–Trinajstić information content (AvgIpc) is 2.20. The van der Waals surface area contributed by atoms with E-state index in [9.17, 15) is 4.79 Å². The number of nitrogens with one attached hydrogen (secondary N) is 1. The van der Waals surface area contributed by atoms with Gasteiger partial charge in [-0.15, -0.1) is 0 Å². The summed E-state index contributed by atoms with van der Waals surface area (Å²) in [6.45, 7) is 7.46. The molecule has 0 fully saturated rings. The molecule has 1 aromatic carbocycles. The van der Waals surface area contributed by atoms with E-state index < -0.39 is 12.2 Å². The van der Waals surface area contributed by atoms with Gasteiger partial charge in [-0.05, 0) is 39.3 Å². The molecule has 1 aromatic rings. The summed E-state index contributed by atoms with van der Waals surface area (Å²) in [7, 11) is 0. The normalized spacial score (nSPS) is 13.0. The number of esters is 1. The van der Waals surface area contributed by atoms with Crippen molar-refractivity contribution in [1.82, 2.24) is 0 Å². The number of benzene rings is 1. The van der Waals surface area contributed by atoms with Crippen molar-refractivity contribution in [3.8, 4) is 0 Å². The zero-order chi connectivity index (χ0) is 13.7. The Kier molecular flexibility index (Phi) is 4.77. The lowest BCUT2D eigenvalue weighted by molar-refractivity contribution is -0.140. The summed E-state index contributed by atoms with van der Waals surface area (Å²) >= 11 is 0. The molecule has 4 nitrogen and oxygen atoms in total. The molecule has 1 unspecified atom stereocenters. The fraction of sp³-hybridized carbons (Fsp3) is 0.357. The Hall–Kier alpha value is -1.97. The zero-order valence-electron chi connectivity index (χ0n) is 11.3. The maximum atomic E-state index is 11.4. The van der Waals surface area contributed by atoms with E-state index in [0.29, 0.717) is 5.70 Å². The molecule has 0 aliphatic rings. The molecule has 0 spiro atoms. The van der Waals surface area contributed by atoms with Crippen LogP contribution in [0.1, 0.15) is 25.0 Å². The van der Waals surface area contributed by atoms with Crippen molar-refractivity contribution < 1.29 is 9.53 Å². The Bertz CT molecular complexity index is 463.